The van der Waals surface area contributed by atoms with E-state index < -0.39 is 0 Å². The predicted molar refractivity (Wildman–Crippen MR) is 133 cm³/mol. The molecule has 0 aliphatic heterocycles. The Balaban J connectivity index is 1.50. The lowest BCUT2D eigenvalue weighted by atomic mass is 10.0. The van der Waals surface area contributed by atoms with Crippen molar-refractivity contribution in [3.05, 3.63) is 103 Å². The number of benzene rings is 4. The molecule has 0 saturated carbocycles. The average molecular weight is 439 g/mol. The molecule has 0 bridgehead atoms. The molecule has 7 aromatic rings. The van der Waals surface area contributed by atoms with E-state index in [1.807, 2.05) is 65.2 Å². The lowest BCUT2D eigenvalue weighted by Crippen LogP contribution is -1.99. The Kier molecular flexibility index (Phi) is 4.04. The number of imidazole rings is 1. The number of hydrogen-bond acceptors (Lipinski definition) is 5. The van der Waals surface area contributed by atoms with Gasteiger partial charge in [-0.05, 0) is 41.5 Å². The SMILES string of the molecule is c1ccc(-c2ccc3c(c2)oc2c(-c4nc5nncnc5n4-c4ccccc4)cccc23)cc1. The first-order valence-electron chi connectivity index (χ1n) is 11.0. The molecule has 6 heteroatoms. The van der Waals surface area contributed by atoms with Crippen LogP contribution in [0.15, 0.2) is 108 Å². The first kappa shape index (κ1) is 18.7. The zero-order valence-electron chi connectivity index (χ0n) is 18.0. The van der Waals surface area contributed by atoms with Gasteiger partial charge >= 0.3 is 0 Å². The van der Waals surface area contributed by atoms with Gasteiger partial charge in [-0.25, -0.2) is 9.97 Å². The minimum absolute atomic E-state index is 0.487. The lowest BCUT2D eigenvalue weighted by Gasteiger charge is -2.08. The van der Waals surface area contributed by atoms with Gasteiger partial charge in [0.1, 0.15) is 17.5 Å². The molecule has 6 nitrogen and oxygen atoms in total. The molecule has 3 heterocycles. The Morgan fingerprint density at radius 2 is 1.53 bits per heavy atom. The molecule has 0 amide bonds. The van der Waals surface area contributed by atoms with Crippen LogP contribution < -0.4 is 0 Å². The Bertz CT molecular complexity index is 1800. The van der Waals surface area contributed by atoms with E-state index in [-0.39, 0.29) is 0 Å². The van der Waals surface area contributed by atoms with Crippen LogP contribution in [0, 0.1) is 0 Å². The highest BCUT2D eigenvalue weighted by Gasteiger charge is 2.21. The molecule has 0 unspecified atom stereocenters. The molecule has 34 heavy (non-hydrogen) atoms. The van der Waals surface area contributed by atoms with E-state index >= 15 is 0 Å². The van der Waals surface area contributed by atoms with E-state index in [4.69, 9.17) is 9.40 Å². The van der Waals surface area contributed by atoms with Crippen LogP contribution in [0.25, 0.3) is 61.4 Å². The fourth-order valence-electron chi connectivity index (χ4n) is 4.53. The topological polar surface area (TPSA) is 69.6 Å². The fourth-order valence-corrected chi connectivity index (χ4v) is 4.53. The second-order valence-corrected chi connectivity index (χ2v) is 8.07. The number of nitrogens with zero attached hydrogens (tertiary/aromatic N) is 5. The van der Waals surface area contributed by atoms with Crippen LogP contribution in [-0.2, 0) is 0 Å². The average Bonchev–Trinajstić information content (AvgIpc) is 3.48. The molecular weight excluding hydrogens is 422 g/mol. The number of fused-ring (bicyclic) bond motifs is 4. The summed E-state index contributed by atoms with van der Waals surface area (Å²) in [6, 6.07) is 32.8. The third-order valence-corrected chi connectivity index (χ3v) is 6.08. The quantitative estimate of drug-likeness (QED) is 0.317. The number of rotatable bonds is 3. The summed E-state index contributed by atoms with van der Waals surface area (Å²) in [4.78, 5) is 9.28. The number of para-hydroxylation sites is 2. The summed E-state index contributed by atoms with van der Waals surface area (Å²) >= 11 is 0. The van der Waals surface area contributed by atoms with Gasteiger partial charge in [-0.2, -0.15) is 0 Å². The molecule has 0 spiro atoms. The Labute approximate surface area is 194 Å². The van der Waals surface area contributed by atoms with E-state index in [0.29, 0.717) is 17.1 Å². The summed E-state index contributed by atoms with van der Waals surface area (Å²) in [7, 11) is 0. The summed E-state index contributed by atoms with van der Waals surface area (Å²) in [5.41, 5.74) is 6.84. The maximum atomic E-state index is 6.48. The summed E-state index contributed by atoms with van der Waals surface area (Å²) in [6.45, 7) is 0. The molecule has 0 N–H and O–H groups in total. The van der Waals surface area contributed by atoms with E-state index in [0.717, 1.165) is 44.3 Å². The van der Waals surface area contributed by atoms with Crippen molar-refractivity contribution in [1.29, 1.82) is 0 Å². The van der Waals surface area contributed by atoms with Crippen LogP contribution in [0.5, 0.6) is 0 Å². The maximum Gasteiger partial charge on any atom is 0.220 e. The van der Waals surface area contributed by atoms with Crippen molar-refractivity contribution in [2.45, 2.75) is 0 Å². The molecule has 7 rings (SSSR count). The van der Waals surface area contributed by atoms with E-state index in [9.17, 15) is 0 Å². The van der Waals surface area contributed by atoms with Gasteiger partial charge in [0.25, 0.3) is 0 Å². The van der Waals surface area contributed by atoms with Crippen molar-refractivity contribution in [2.75, 3.05) is 0 Å². The standard InChI is InChI=1S/C28H17N5O/c1-3-8-18(9-4-1)19-14-15-21-22-12-7-13-23(25(22)34-24(21)16-19)27-31-26-28(29-17-30-32-26)33(27)20-10-5-2-6-11-20/h1-17H. The fraction of sp³-hybridized carbons (Fsp3) is 0. The van der Waals surface area contributed by atoms with Crippen LogP contribution in [0.2, 0.25) is 0 Å². The third-order valence-electron chi connectivity index (χ3n) is 6.08. The van der Waals surface area contributed by atoms with Crippen molar-refractivity contribution >= 4 is 33.2 Å². The van der Waals surface area contributed by atoms with E-state index in [1.54, 1.807) is 0 Å². The molecule has 0 aliphatic carbocycles. The molecule has 0 saturated heterocycles. The maximum absolute atomic E-state index is 6.48. The van der Waals surface area contributed by atoms with Crippen molar-refractivity contribution < 1.29 is 4.42 Å². The molecule has 160 valence electrons. The van der Waals surface area contributed by atoms with Gasteiger partial charge in [-0.1, -0.05) is 66.7 Å². The first-order valence-corrected chi connectivity index (χ1v) is 11.0. The number of aromatic nitrogens is 5. The van der Waals surface area contributed by atoms with Crippen LogP contribution in [0.3, 0.4) is 0 Å². The van der Waals surface area contributed by atoms with Crippen molar-refractivity contribution in [1.82, 2.24) is 24.7 Å². The zero-order chi connectivity index (χ0) is 22.5. The van der Waals surface area contributed by atoms with Crippen molar-refractivity contribution in [3.63, 3.8) is 0 Å². The number of furan rings is 1. The van der Waals surface area contributed by atoms with Crippen LogP contribution >= 0.6 is 0 Å². The molecule has 0 fully saturated rings. The molecule has 0 aliphatic rings. The Morgan fingerprint density at radius 3 is 2.38 bits per heavy atom. The van der Waals surface area contributed by atoms with Crippen LogP contribution in [-0.4, -0.2) is 24.7 Å². The van der Waals surface area contributed by atoms with Crippen molar-refractivity contribution in [3.8, 4) is 28.2 Å². The van der Waals surface area contributed by atoms with Crippen LogP contribution in [0.4, 0.5) is 0 Å². The van der Waals surface area contributed by atoms with Gasteiger partial charge in [0.15, 0.2) is 11.5 Å². The predicted octanol–water partition coefficient (Wildman–Crippen LogP) is 6.44. The second-order valence-electron chi connectivity index (χ2n) is 8.07. The molecule has 0 atom stereocenters. The summed E-state index contributed by atoms with van der Waals surface area (Å²) in [5, 5.41) is 10.2. The van der Waals surface area contributed by atoms with Gasteiger partial charge in [-0.15, -0.1) is 10.2 Å². The number of hydrogen-bond donors (Lipinski definition) is 0. The van der Waals surface area contributed by atoms with Gasteiger partial charge in [0, 0.05) is 16.5 Å². The minimum atomic E-state index is 0.487. The summed E-state index contributed by atoms with van der Waals surface area (Å²) in [6.07, 6.45) is 1.44. The van der Waals surface area contributed by atoms with Gasteiger partial charge < -0.3 is 4.42 Å². The largest absolute Gasteiger partial charge is 0.455 e. The minimum Gasteiger partial charge on any atom is -0.455 e. The highest BCUT2D eigenvalue weighted by molar-refractivity contribution is 6.10. The highest BCUT2D eigenvalue weighted by Crippen LogP contribution is 2.38. The van der Waals surface area contributed by atoms with Crippen LogP contribution in [0.1, 0.15) is 0 Å². The molecule has 0 radical (unpaired) electrons. The third kappa shape index (κ3) is 2.82. The monoisotopic (exact) mass is 439 g/mol. The molecule has 4 aromatic carbocycles. The summed E-state index contributed by atoms with van der Waals surface area (Å²) in [5.74, 6) is 0.710. The molecule has 3 aromatic heterocycles. The highest BCUT2D eigenvalue weighted by atomic mass is 16.3. The zero-order valence-corrected chi connectivity index (χ0v) is 18.0. The van der Waals surface area contributed by atoms with Gasteiger partial charge in [-0.3, -0.25) is 4.57 Å². The summed E-state index contributed by atoms with van der Waals surface area (Å²) < 4.78 is 8.48. The van der Waals surface area contributed by atoms with E-state index in [1.165, 1.54) is 6.33 Å². The smallest absolute Gasteiger partial charge is 0.220 e. The Morgan fingerprint density at radius 1 is 0.706 bits per heavy atom. The van der Waals surface area contributed by atoms with Crippen molar-refractivity contribution in [2.24, 2.45) is 0 Å². The normalized spacial score (nSPS) is 11.5. The van der Waals surface area contributed by atoms with E-state index in [2.05, 4.69) is 51.6 Å². The van der Waals surface area contributed by atoms with Gasteiger partial charge in [0.2, 0.25) is 5.65 Å². The molecular formula is C28H17N5O. The lowest BCUT2D eigenvalue weighted by molar-refractivity contribution is 0.669. The van der Waals surface area contributed by atoms with Gasteiger partial charge in [0.05, 0.1) is 5.56 Å². The Hall–Kier alpha value is -4.84. The second kappa shape index (κ2) is 7.35. The first-order chi connectivity index (χ1) is 16.9.